The molecule has 5 fully saturated rings. The number of hydrogen-bond acceptors (Lipinski definition) is 7. The molecule has 5 aliphatic carbocycles. The molecule has 1 heterocycles. The van der Waals surface area contributed by atoms with Crippen LogP contribution in [0.25, 0.3) is 0 Å². The molecule has 13 atom stereocenters. The molecule has 4 saturated carbocycles. The number of carboxylic acids is 1. The van der Waals surface area contributed by atoms with E-state index in [9.17, 15) is 30.0 Å². The van der Waals surface area contributed by atoms with Crippen LogP contribution >= 0.6 is 0 Å². The lowest BCUT2D eigenvalue weighted by atomic mass is 9.33. The van der Waals surface area contributed by atoms with Gasteiger partial charge in [-0.1, -0.05) is 47.1 Å². The number of allylic oxidation sites excluding steroid dienone is 2. The van der Waals surface area contributed by atoms with Gasteiger partial charge in [-0.15, -0.1) is 0 Å². The van der Waals surface area contributed by atoms with E-state index in [0.717, 1.165) is 44.9 Å². The number of carbonyl (C=O) groups excluding carboxylic acids is 1. The number of ketones is 1. The molecule has 0 bridgehead atoms. The van der Waals surface area contributed by atoms with Crippen molar-refractivity contribution in [3.63, 3.8) is 0 Å². The summed E-state index contributed by atoms with van der Waals surface area (Å²) in [6.07, 6.45) is 6.05. The average Bonchev–Trinajstić information content (AvgIpc) is 2.94. The van der Waals surface area contributed by atoms with Gasteiger partial charge in [-0.2, -0.15) is 0 Å². The third kappa shape index (κ3) is 4.40. The number of ether oxygens (including phenoxy) is 2. The first-order valence-corrected chi connectivity index (χ1v) is 17.1. The maximum Gasteiger partial charge on any atom is 0.309 e. The molecule has 4 N–H and O–H groups in total. The van der Waals surface area contributed by atoms with E-state index in [1.54, 1.807) is 0 Å². The summed E-state index contributed by atoms with van der Waals surface area (Å²) in [5.41, 5.74) is -0.373. The standard InChI is InChI=1S/C36H56O8/c1-31(2)25-8-11-36(7)29(34(25,5)10-9-26(31)44-27-17-22(38)28(40)24(19-37)43-27)23(39)16-20-21-18-33(4,30(41)42)13-12-32(21,3)14-15-35(20,36)6/h16,21-22,24-29,37-38,40H,8-15,17-19H2,1-7H3,(H,41,42)/t21-,22+,24+,25?,26-,27+,28+,29+,32+,33-,34-,35+,36+/m0/s1. The fraction of sp³-hybridized carbons (Fsp3) is 0.889. The Kier molecular flexibility index (Phi) is 7.66. The minimum Gasteiger partial charge on any atom is -0.481 e. The van der Waals surface area contributed by atoms with Crippen LogP contribution in [0.3, 0.4) is 0 Å². The van der Waals surface area contributed by atoms with Crippen LogP contribution in [0.4, 0.5) is 0 Å². The van der Waals surface area contributed by atoms with E-state index in [4.69, 9.17) is 9.47 Å². The van der Waals surface area contributed by atoms with Crippen molar-refractivity contribution in [3.05, 3.63) is 11.6 Å². The second kappa shape index (κ2) is 10.3. The van der Waals surface area contributed by atoms with Crippen LogP contribution in [-0.4, -0.2) is 69.5 Å². The molecular formula is C36H56O8. The summed E-state index contributed by atoms with van der Waals surface area (Å²) in [5, 5.41) is 40.4. The molecular weight excluding hydrogens is 560 g/mol. The average molecular weight is 617 g/mol. The summed E-state index contributed by atoms with van der Waals surface area (Å²) in [4.78, 5) is 27.0. The zero-order valence-corrected chi connectivity index (χ0v) is 27.9. The lowest BCUT2D eigenvalue weighted by molar-refractivity contribution is -0.296. The largest absolute Gasteiger partial charge is 0.481 e. The molecule has 1 saturated heterocycles. The zero-order valence-electron chi connectivity index (χ0n) is 27.9. The maximum atomic E-state index is 14.6. The number of fused-ring (bicyclic) bond motifs is 7. The summed E-state index contributed by atoms with van der Waals surface area (Å²) in [7, 11) is 0. The first-order valence-electron chi connectivity index (χ1n) is 17.1. The molecule has 0 amide bonds. The minimum absolute atomic E-state index is 0.0299. The molecule has 8 heteroatoms. The third-order valence-electron chi connectivity index (χ3n) is 15.1. The van der Waals surface area contributed by atoms with E-state index in [2.05, 4.69) is 41.5 Å². The zero-order chi connectivity index (χ0) is 32.3. The molecule has 6 rings (SSSR count). The summed E-state index contributed by atoms with van der Waals surface area (Å²) in [5.74, 6) is -0.267. The Morgan fingerprint density at radius 1 is 0.977 bits per heavy atom. The summed E-state index contributed by atoms with van der Waals surface area (Å²) >= 11 is 0. The van der Waals surface area contributed by atoms with Crippen molar-refractivity contribution in [2.45, 2.75) is 143 Å². The van der Waals surface area contributed by atoms with Crippen molar-refractivity contribution in [2.24, 2.45) is 50.2 Å². The van der Waals surface area contributed by atoms with Gasteiger partial charge in [0, 0.05) is 12.3 Å². The highest BCUT2D eigenvalue weighted by Crippen LogP contribution is 2.75. The first-order chi connectivity index (χ1) is 20.4. The predicted molar refractivity (Wildman–Crippen MR) is 164 cm³/mol. The monoisotopic (exact) mass is 616 g/mol. The normalized spacial score (nSPS) is 53.4. The lowest BCUT2D eigenvalue weighted by Gasteiger charge is -2.70. The summed E-state index contributed by atoms with van der Waals surface area (Å²) in [6, 6.07) is 0. The van der Waals surface area contributed by atoms with Gasteiger partial charge in [0.1, 0.15) is 12.2 Å². The molecule has 0 aromatic heterocycles. The van der Waals surface area contributed by atoms with Gasteiger partial charge >= 0.3 is 5.97 Å². The third-order valence-corrected chi connectivity index (χ3v) is 15.1. The van der Waals surface area contributed by atoms with E-state index in [0.29, 0.717) is 12.8 Å². The van der Waals surface area contributed by atoms with Crippen LogP contribution in [0.2, 0.25) is 0 Å². The van der Waals surface area contributed by atoms with E-state index in [-0.39, 0.29) is 69.7 Å². The van der Waals surface area contributed by atoms with Crippen molar-refractivity contribution in [2.75, 3.05) is 6.61 Å². The highest BCUT2D eigenvalue weighted by Gasteiger charge is 2.70. The number of hydrogen-bond donors (Lipinski definition) is 4. The number of rotatable bonds is 4. The van der Waals surface area contributed by atoms with Gasteiger partial charge in [0.2, 0.25) is 0 Å². The van der Waals surface area contributed by atoms with Crippen molar-refractivity contribution in [3.8, 4) is 0 Å². The van der Waals surface area contributed by atoms with Crippen molar-refractivity contribution in [1.29, 1.82) is 0 Å². The van der Waals surface area contributed by atoms with E-state index < -0.39 is 36.0 Å². The van der Waals surface area contributed by atoms with Crippen LogP contribution in [0.15, 0.2) is 11.6 Å². The molecule has 248 valence electrons. The van der Waals surface area contributed by atoms with E-state index >= 15 is 0 Å². The Bertz CT molecular complexity index is 1230. The SMILES string of the molecule is CC1(C)C2CC[C@]3(C)[C@H](C(=O)C=C4[C@@H]5C[C@@](C)(C(=O)O)CC[C@]5(C)CC[C@]43C)[C@@]2(C)CC[C@@H]1O[C@@H]1C[C@@H](O)[C@@H](O)[C@@H](CO)O1. The van der Waals surface area contributed by atoms with Crippen LogP contribution in [-0.2, 0) is 19.1 Å². The predicted octanol–water partition coefficient (Wildman–Crippen LogP) is 5.27. The van der Waals surface area contributed by atoms with Crippen molar-refractivity contribution >= 4 is 11.8 Å². The minimum atomic E-state index is -1.14. The van der Waals surface area contributed by atoms with Gasteiger partial charge in [-0.3, -0.25) is 9.59 Å². The van der Waals surface area contributed by atoms with Crippen LogP contribution < -0.4 is 0 Å². The van der Waals surface area contributed by atoms with Crippen LogP contribution in [0, 0.1) is 50.2 Å². The number of aliphatic carboxylic acids is 1. The number of carboxylic acid groups (broad SMARTS) is 1. The van der Waals surface area contributed by atoms with Gasteiger partial charge in [0.05, 0.1) is 24.2 Å². The molecule has 0 aromatic rings. The number of aliphatic hydroxyl groups is 3. The molecule has 6 aliphatic rings. The van der Waals surface area contributed by atoms with Gasteiger partial charge < -0.3 is 29.9 Å². The molecule has 1 aliphatic heterocycles. The van der Waals surface area contributed by atoms with Gasteiger partial charge in [0.15, 0.2) is 12.1 Å². The molecule has 0 radical (unpaired) electrons. The Morgan fingerprint density at radius 2 is 1.66 bits per heavy atom. The molecule has 1 unspecified atom stereocenters. The van der Waals surface area contributed by atoms with Crippen LogP contribution in [0.1, 0.15) is 113 Å². The van der Waals surface area contributed by atoms with E-state index in [1.165, 1.54) is 5.57 Å². The van der Waals surface area contributed by atoms with Gasteiger partial charge in [-0.05, 0) is 110 Å². The van der Waals surface area contributed by atoms with Crippen molar-refractivity contribution < 1.29 is 39.5 Å². The fourth-order valence-electron chi connectivity index (χ4n) is 11.9. The number of carbonyl (C=O) groups is 2. The van der Waals surface area contributed by atoms with Crippen LogP contribution in [0.5, 0.6) is 0 Å². The first kappa shape index (κ1) is 32.6. The fourth-order valence-corrected chi connectivity index (χ4v) is 11.9. The maximum absolute atomic E-state index is 14.6. The Labute approximate surface area is 263 Å². The highest BCUT2D eigenvalue weighted by atomic mass is 16.7. The molecule has 0 aromatic carbocycles. The second-order valence-corrected chi connectivity index (χ2v) is 17.6. The molecule has 0 spiro atoms. The number of aliphatic hydroxyl groups excluding tert-OH is 3. The lowest BCUT2D eigenvalue weighted by Crippen LogP contribution is -2.67. The van der Waals surface area contributed by atoms with E-state index in [1.807, 2.05) is 13.0 Å². The highest BCUT2D eigenvalue weighted by molar-refractivity contribution is 5.95. The Morgan fingerprint density at radius 3 is 2.32 bits per heavy atom. The smallest absolute Gasteiger partial charge is 0.309 e. The second-order valence-electron chi connectivity index (χ2n) is 17.6. The topological polar surface area (TPSA) is 134 Å². The quantitative estimate of drug-likeness (QED) is 0.314. The Hall–Kier alpha value is -1.32. The molecule has 8 nitrogen and oxygen atoms in total. The van der Waals surface area contributed by atoms with Gasteiger partial charge in [-0.25, -0.2) is 0 Å². The Balaban J connectivity index is 1.31. The van der Waals surface area contributed by atoms with Crippen molar-refractivity contribution in [1.82, 2.24) is 0 Å². The molecule has 44 heavy (non-hydrogen) atoms. The van der Waals surface area contributed by atoms with Gasteiger partial charge in [0.25, 0.3) is 0 Å². The summed E-state index contributed by atoms with van der Waals surface area (Å²) in [6.45, 7) is 15.4. The summed E-state index contributed by atoms with van der Waals surface area (Å²) < 4.78 is 12.4.